The Morgan fingerprint density at radius 3 is 2.61 bits per heavy atom. The molecule has 0 amide bonds. The number of halogens is 4. The molecule has 2 aromatic carbocycles. The number of hydrogen-bond donors (Lipinski definition) is 2. The Hall–Kier alpha value is -2.59. The molecule has 0 unspecified atom stereocenters. The van der Waals surface area contributed by atoms with E-state index in [2.05, 4.69) is 14.8 Å². The second-order valence-electron chi connectivity index (χ2n) is 6.45. The van der Waals surface area contributed by atoms with Crippen LogP contribution in [-0.2, 0) is 15.9 Å². The third-order valence-corrected chi connectivity index (χ3v) is 7.14. The molecule has 2 heterocycles. The third-order valence-electron chi connectivity index (χ3n) is 4.50. The van der Waals surface area contributed by atoms with Gasteiger partial charge in [0, 0.05) is 22.9 Å². The zero-order chi connectivity index (χ0) is 22.3. The van der Waals surface area contributed by atoms with E-state index in [0.717, 1.165) is 6.07 Å². The van der Waals surface area contributed by atoms with Gasteiger partial charge in [0.25, 0.3) is 10.0 Å². The summed E-state index contributed by atoms with van der Waals surface area (Å²) in [5.41, 5.74) is 7.71. The molecular formula is C19H13Cl3FN5O2S. The lowest BCUT2D eigenvalue weighted by Crippen LogP contribution is -2.14. The van der Waals surface area contributed by atoms with Gasteiger partial charge in [0.2, 0.25) is 0 Å². The molecule has 0 spiro atoms. The topological polar surface area (TPSA) is 102 Å². The van der Waals surface area contributed by atoms with E-state index in [1.165, 1.54) is 47.2 Å². The van der Waals surface area contributed by atoms with Gasteiger partial charge in [-0.1, -0.05) is 29.3 Å². The molecule has 0 bridgehead atoms. The quantitative estimate of drug-likeness (QED) is 0.377. The van der Waals surface area contributed by atoms with Crippen LogP contribution in [0.1, 0.15) is 5.56 Å². The summed E-state index contributed by atoms with van der Waals surface area (Å²) < 4.78 is 43.8. The van der Waals surface area contributed by atoms with Crippen molar-refractivity contribution in [2.75, 3.05) is 10.5 Å². The van der Waals surface area contributed by atoms with E-state index >= 15 is 0 Å². The lowest BCUT2D eigenvalue weighted by atomic mass is 10.1. The molecule has 12 heteroatoms. The number of nitrogens with two attached hydrogens (primary N) is 1. The van der Waals surface area contributed by atoms with Crippen LogP contribution in [0.4, 0.5) is 15.9 Å². The Morgan fingerprint density at radius 2 is 1.90 bits per heavy atom. The van der Waals surface area contributed by atoms with Crippen LogP contribution in [0.2, 0.25) is 10.0 Å². The molecular weight excluding hydrogens is 488 g/mol. The summed E-state index contributed by atoms with van der Waals surface area (Å²) in [6.45, 7) is 0. The molecule has 0 aliphatic heterocycles. The number of sulfonamides is 1. The minimum absolute atomic E-state index is 0.00610. The number of nitrogen functional groups attached to an aromatic ring is 1. The fourth-order valence-electron chi connectivity index (χ4n) is 3.00. The minimum atomic E-state index is -4.09. The maximum absolute atomic E-state index is 14.9. The van der Waals surface area contributed by atoms with E-state index < -0.39 is 15.8 Å². The highest BCUT2D eigenvalue weighted by Gasteiger charge is 2.21. The molecule has 3 N–H and O–H groups in total. The first kappa shape index (κ1) is 21.6. The van der Waals surface area contributed by atoms with Crippen LogP contribution in [0.15, 0.2) is 53.7 Å². The number of anilines is 2. The monoisotopic (exact) mass is 499 g/mol. The minimum Gasteiger partial charge on any atom is -0.383 e. The van der Waals surface area contributed by atoms with Crippen molar-refractivity contribution in [3.63, 3.8) is 0 Å². The summed E-state index contributed by atoms with van der Waals surface area (Å²) >= 11 is 17.7. The van der Waals surface area contributed by atoms with Crippen molar-refractivity contribution in [3.05, 3.63) is 70.2 Å². The van der Waals surface area contributed by atoms with Crippen molar-refractivity contribution in [2.45, 2.75) is 10.8 Å². The molecule has 0 saturated heterocycles. The highest BCUT2D eigenvalue weighted by molar-refractivity contribution is 7.92. The summed E-state index contributed by atoms with van der Waals surface area (Å²) in [5, 5.41) is 4.08. The SMILES string of the molecule is Nc1c(-c2ccc(NS(=O)(=O)c3cccc(Cl)c3Cl)cc2F)cnc2c(CCl)cnn12. The molecule has 2 aromatic heterocycles. The van der Waals surface area contributed by atoms with Crippen LogP contribution in [-0.4, -0.2) is 23.0 Å². The standard InChI is InChI=1S/C19H13Cl3FN5O2S/c20-7-10-8-26-28-18(24)13(9-25-19(10)28)12-5-4-11(6-15(12)23)27-31(29,30)16-3-1-2-14(21)17(16)22/h1-6,8-9,27H,7,24H2. The number of fused-ring (bicyclic) bond motifs is 1. The van der Waals surface area contributed by atoms with Gasteiger partial charge in [-0.2, -0.15) is 9.61 Å². The molecule has 31 heavy (non-hydrogen) atoms. The lowest BCUT2D eigenvalue weighted by molar-refractivity contribution is 0.601. The zero-order valence-corrected chi connectivity index (χ0v) is 18.6. The first-order valence-electron chi connectivity index (χ1n) is 8.66. The molecule has 160 valence electrons. The summed E-state index contributed by atoms with van der Waals surface area (Å²) in [6.07, 6.45) is 2.95. The number of nitrogens with one attached hydrogen (secondary N) is 1. The van der Waals surface area contributed by atoms with E-state index in [4.69, 9.17) is 40.5 Å². The normalized spacial score (nSPS) is 11.7. The van der Waals surface area contributed by atoms with E-state index in [9.17, 15) is 12.8 Å². The van der Waals surface area contributed by atoms with Crippen molar-refractivity contribution in [1.82, 2.24) is 14.6 Å². The van der Waals surface area contributed by atoms with Crippen molar-refractivity contribution < 1.29 is 12.8 Å². The van der Waals surface area contributed by atoms with Gasteiger partial charge >= 0.3 is 0 Å². The number of alkyl halides is 1. The Labute approximate surface area is 191 Å². The first-order valence-corrected chi connectivity index (χ1v) is 11.4. The van der Waals surface area contributed by atoms with Gasteiger partial charge in [-0.3, -0.25) is 4.72 Å². The second kappa shape index (κ2) is 8.16. The van der Waals surface area contributed by atoms with Gasteiger partial charge in [-0.25, -0.2) is 17.8 Å². The molecule has 4 rings (SSSR count). The van der Waals surface area contributed by atoms with Gasteiger partial charge in [0.15, 0.2) is 5.65 Å². The Kier molecular flexibility index (Phi) is 5.69. The van der Waals surface area contributed by atoms with Crippen molar-refractivity contribution in [2.24, 2.45) is 0 Å². The second-order valence-corrected chi connectivity index (χ2v) is 9.15. The van der Waals surface area contributed by atoms with Crippen LogP contribution >= 0.6 is 34.8 Å². The zero-order valence-electron chi connectivity index (χ0n) is 15.5. The smallest absolute Gasteiger partial charge is 0.263 e. The summed E-state index contributed by atoms with van der Waals surface area (Å²) in [5.74, 6) is -0.343. The lowest BCUT2D eigenvalue weighted by Gasteiger charge is -2.12. The molecule has 0 aliphatic carbocycles. The van der Waals surface area contributed by atoms with Crippen LogP contribution < -0.4 is 10.5 Å². The van der Waals surface area contributed by atoms with Crippen molar-refractivity contribution in [1.29, 1.82) is 0 Å². The molecule has 4 aromatic rings. The maximum Gasteiger partial charge on any atom is 0.263 e. The average Bonchev–Trinajstić information content (AvgIpc) is 3.15. The average molecular weight is 501 g/mol. The number of benzene rings is 2. The molecule has 0 fully saturated rings. The molecule has 0 atom stereocenters. The van der Waals surface area contributed by atoms with Crippen LogP contribution in [0.3, 0.4) is 0 Å². The van der Waals surface area contributed by atoms with Crippen molar-refractivity contribution in [3.8, 4) is 11.1 Å². The summed E-state index contributed by atoms with van der Waals surface area (Å²) in [7, 11) is -4.09. The first-order chi connectivity index (χ1) is 14.7. The maximum atomic E-state index is 14.9. The number of aromatic nitrogens is 3. The Morgan fingerprint density at radius 1 is 1.13 bits per heavy atom. The predicted octanol–water partition coefficient (Wildman–Crippen LogP) is 4.96. The Balaban J connectivity index is 1.70. The highest BCUT2D eigenvalue weighted by Crippen LogP contribution is 2.33. The largest absolute Gasteiger partial charge is 0.383 e. The van der Waals surface area contributed by atoms with Gasteiger partial charge < -0.3 is 5.73 Å². The van der Waals surface area contributed by atoms with E-state index in [1.54, 1.807) is 0 Å². The van der Waals surface area contributed by atoms with Gasteiger partial charge in [0.1, 0.15) is 16.5 Å². The van der Waals surface area contributed by atoms with Crippen molar-refractivity contribution >= 4 is 62.0 Å². The molecule has 0 radical (unpaired) electrons. The molecule has 0 aliphatic rings. The number of nitrogens with zero attached hydrogens (tertiary/aromatic N) is 3. The molecule has 0 saturated carbocycles. The predicted molar refractivity (Wildman–Crippen MR) is 120 cm³/mol. The third kappa shape index (κ3) is 3.89. The van der Waals surface area contributed by atoms with Crippen LogP contribution in [0, 0.1) is 5.82 Å². The van der Waals surface area contributed by atoms with Gasteiger partial charge in [-0.15, -0.1) is 11.6 Å². The highest BCUT2D eigenvalue weighted by atomic mass is 35.5. The van der Waals surface area contributed by atoms with E-state index in [0.29, 0.717) is 16.8 Å². The number of rotatable bonds is 5. The fraction of sp³-hybridized carbons (Fsp3) is 0.0526. The number of hydrogen-bond acceptors (Lipinski definition) is 5. The summed E-state index contributed by atoms with van der Waals surface area (Å²) in [6, 6.07) is 8.01. The van der Waals surface area contributed by atoms with Crippen LogP contribution in [0.25, 0.3) is 16.8 Å². The van der Waals surface area contributed by atoms with E-state index in [1.807, 2.05) is 0 Å². The van der Waals surface area contributed by atoms with Gasteiger partial charge in [0.05, 0.1) is 27.8 Å². The summed E-state index contributed by atoms with van der Waals surface area (Å²) in [4.78, 5) is 4.04. The Bertz CT molecular complexity index is 1430. The van der Waals surface area contributed by atoms with E-state index in [-0.39, 0.29) is 37.9 Å². The van der Waals surface area contributed by atoms with Gasteiger partial charge in [-0.05, 0) is 30.3 Å². The van der Waals surface area contributed by atoms with Crippen LogP contribution in [0.5, 0.6) is 0 Å². The molecule has 7 nitrogen and oxygen atoms in total. The fourth-order valence-corrected chi connectivity index (χ4v) is 5.00.